The lowest BCUT2D eigenvalue weighted by Crippen LogP contribution is -2.06. The molecule has 0 radical (unpaired) electrons. The van der Waals surface area contributed by atoms with Gasteiger partial charge in [0.2, 0.25) is 5.88 Å². The van der Waals surface area contributed by atoms with Crippen LogP contribution in [0, 0.1) is 0 Å². The molecule has 108 valence electrons. The highest BCUT2D eigenvalue weighted by Gasteiger charge is 2.23. The van der Waals surface area contributed by atoms with Crippen LogP contribution < -0.4 is 4.74 Å². The van der Waals surface area contributed by atoms with Crippen LogP contribution >= 0.6 is 55.1 Å². The van der Waals surface area contributed by atoms with Gasteiger partial charge in [-0.1, -0.05) is 23.2 Å². The van der Waals surface area contributed by atoms with Crippen molar-refractivity contribution in [1.82, 2.24) is 9.78 Å². The molecule has 9 heteroatoms. The van der Waals surface area contributed by atoms with Crippen LogP contribution in [0.25, 0.3) is 11.3 Å². The second-order valence-corrected chi connectivity index (χ2v) is 6.21. The molecule has 0 bridgehead atoms. The summed E-state index contributed by atoms with van der Waals surface area (Å²) in [6, 6.07) is 3.18. The van der Waals surface area contributed by atoms with Crippen molar-refractivity contribution in [3.8, 4) is 17.1 Å². The molecule has 1 heterocycles. The highest BCUT2D eigenvalue weighted by Crippen LogP contribution is 2.43. The number of halogens is 6. The van der Waals surface area contributed by atoms with E-state index in [0.717, 1.165) is 0 Å². The molecule has 0 spiro atoms. The van der Waals surface area contributed by atoms with Gasteiger partial charge >= 0.3 is 6.61 Å². The average Bonchev–Trinajstić information content (AvgIpc) is 2.55. The lowest BCUT2D eigenvalue weighted by atomic mass is 10.1. The summed E-state index contributed by atoms with van der Waals surface area (Å²) >= 11 is 18.5. The smallest absolute Gasteiger partial charge is 0.388 e. The van der Waals surface area contributed by atoms with Gasteiger partial charge in [-0.3, -0.25) is 0 Å². The number of hydrogen-bond acceptors (Lipinski definition) is 2. The second kappa shape index (κ2) is 6.17. The quantitative estimate of drug-likeness (QED) is 0.615. The predicted molar refractivity (Wildman–Crippen MR) is 80.7 cm³/mol. The van der Waals surface area contributed by atoms with E-state index in [0.29, 0.717) is 25.8 Å². The zero-order valence-corrected chi connectivity index (χ0v) is 14.5. The van der Waals surface area contributed by atoms with E-state index < -0.39 is 6.61 Å². The highest BCUT2D eigenvalue weighted by atomic mass is 79.9. The normalized spacial score (nSPS) is 11.2. The van der Waals surface area contributed by atoms with Crippen molar-refractivity contribution >= 4 is 55.1 Å². The summed E-state index contributed by atoms with van der Waals surface area (Å²) < 4.78 is 31.2. The van der Waals surface area contributed by atoms with E-state index >= 15 is 0 Å². The molecule has 0 amide bonds. The summed E-state index contributed by atoms with van der Waals surface area (Å²) in [6.07, 6.45) is 0. The fourth-order valence-corrected chi connectivity index (χ4v) is 3.73. The Kier molecular flexibility index (Phi) is 4.94. The van der Waals surface area contributed by atoms with Gasteiger partial charge in [0.15, 0.2) is 0 Å². The Balaban J connectivity index is 2.60. The van der Waals surface area contributed by atoms with E-state index in [-0.39, 0.29) is 10.4 Å². The van der Waals surface area contributed by atoms with E-state index in [9.17, 15) is 8.78 Å². The van der Waals surface area contributed by atoms with Crippen LogP contribution in [-0.4, -0.2) is 16.4 Å². The van der Waals surface area contributed by atoms with Crippen molar-refractivity contribution in [3.05, 3.63) is 31.1 Å². The molecular formula is C11H6Br2Cl2F2N2O. The van der Waals surface area contributed by atoms with Gasteiger partial charge in [-0.15, -0.1) is 0 Å². The monoisotopic (exact) mass is 448 g/mol. The van der Waals surface area contributed by atoms with Gasteiger partial charge in [-0.2, -0.15) is 13.9 Å². The number of aryl methyl sites for hydroxylation is 1. The summed E-state index contributed by atoms with van der Waals surface area (Å²) in [7, 11) is 1.49. The van der Waals surface area contributed by atoms with Crippen LogP contribution in [0.3, 0.4) is 0 Å². The van der Waals surface area contributed by atoms with E-state index in [4.69, 9.17) is 23.2 Å². The van der Waals surface area contributed by atoms with E-state index in [2.05, 4.69) is 41.7 Å². The Hall–Kier alpha value is -0.370. The molecule has 1 aromatic heterocycles. The molecule has 3 nitrogen and oxygen atoms in total. The minimum absolute atomic E-state index is 0.0899. The Morgan fingerprint density at radius 1 is 1.30 bits per heavy atom. The lowest BCUT2D eigenvalue weighted by Gasteiger charge is -2.06. The van der Waals surface area contributed by atoms with E-state index in [1.54, 1.807) is 6.07 Å². The van der Waals surface area contributed by atoms with E-state index in [1.165, 1.54) is 17.8 Å². The maximum absolute atomic E-state index is 12.4. The Bertz CT molecular complexity index is 641. The summed E-state index contributed by atoms with van der Waals surface area (Å²) in [5.74, 6) is -0.0899. The molecule has 1 aromatic carbocycles. The molecule has 0 N–H and O–H groups in total. The molecule has 2 rings (SSSR count). The first-order valence-corrected chi connectivity index (χ1v) is 7.47. The summed E-state index contributed by atoms with van der Waals surface area (Å²) in [5.41, 5.74) is 0.902. The molecule has 0 aliphatic carbocycles. The molecule has 0 atom stereocenters. The number of benzene rings is 1. The first-order valence-electron chi connectivity index (χ1n) is 5.13. The third-order valence-electron chi connectivity index (χ3n) is 2.38. The SMILES string of the molecule is Cn1nc(-c2c(Cl)cc(Cl)cc2Br)c(Br)c1OC(F)F. The van der Waals surface area contributed by atoms with Crippen molar-refractivity contribution in [1.29, 1.82) is 0 Å². The fraction of sp³-hybridized carbons (Fsp3) is 0.182. The predicted octanol–water partition coefficient (Wildman–Crippen LogP) is 5.52. The van der Waals surface area contributed by atoms with Crippen molar-refractivity contribution in [2.75, 3.05) is 0 Å². The number of nitrogens with zero attached hydrogens (tertiary/aromatic N) is 2. The number of hydrogen-bond donors (Lipinski definition) is 0. The van der Waals surface area contributed by atoms with Crippen LogP contribution in [0.2, 0.25) is 10.0 Å². The Morgan fingerprint density at radius 2 is 1.95 bits per heavy atom. The summed E-state index contributed by atoms with van der Waals surface area (Å²) in [4.78, 5) is 0. The molecule has 2 aromatic rings. The highest BCUT2D eigenvalue weighted by molar-refractivity contribution is 9.11. The maximum atomic E-state index is 12.4. The van der Waals surface area contributed by atoms with Gasteiger partial charge in [0.05, 0.1) is 5.02 Å². The summed E-state index contributed by atoms with van der Waals surface area (Å²) in [5, 5.41) is 4.92. The first-order chi connectivity index (χ1) is 9.31. The number of rotatable bonds is 3. The standard InChI is InChI=1S/C11H6Br2Cl2F2N2O/c1-19-10(20-11(16)17)8(13)9(18-19)7-5(12)2-4(14)3-6(7)15/h2-3,11H,1H3. The molecule has 0 saturated carbocycles. The summed E-state index contributed by atoms with van der Waals surface area (Å²) in [6.45, 7) is -2.95. The van der Waals surface area contributed by atoms with Crippen LogP contribution in [0.4, 0.5) is 8.78 Å². The zero-order valence-electron chi connectivity index (χ0n) is 9.80. The second-order valence-electron chi connectivity index (χ2n) is 3.71. The van der Waals surface area contributed by atoms with Crippen molar-refractivity contribution in [3.63, 3.8) is 0 Å². The Labute approximate surface area is 140 Å². The average molecular weight is 451 g/mol. The first kappa shape index (κ1) is 16.0. The number of alkyl halides is 2. The van der Waals surface area contributed by atoms with Crippen LogP contribution in [0.5, 0.6) is 5.88 Å². The van der Waals surface area contributed by atoms with Gasteiger partial charge in [0.1, 0.15) is 10.2 Å². The maximum Gasteiger partial charge on any atom is 0.388 e. The van der Waals surface area contributed by atoms with Gasteiger partial charge in [-0.25, -0.2) is 4.68 Å². The van der Waals surface area contributed by atoms with Crippen LogP contribution in [-0.2, 0) is 7.05 Å². The largest absolute Gasteiger partial charge is 0.416 e. The van der Waals surface area contributed by atoms with Gasteiger partial charge < -0.3 is 4.74 Å². The van der Waals surface area contributed by atoms with Gasteiger partial charge in [0.25, 0.3) is 0 Å². The molecule has 0 fully saturated rings. The zero-order chi connectivity index (χ0) is 15.0. The molecule has 0 aliphatic rings. The Morgan fingerprint density at radius 3 is 2.50 bits per heavy atom. The van der Waals surface area contributed by atoms with Crippen molar-refractivity contribution in [2.24, 2.45) is 7.05 Å². The number of ether oxygens (including phenoxy) is 1. The van der Waals surface area contributed by atoms with Gasteiger partial charge in [0, 0.05) is 22.1 Å². The minimum Gasteiger partial charge on any atom is -0.416 e. The molecular weight excluding hydrogens is 445 g/mol. The third-order valence-corrected chi connectivity index (χ3v) is 4.24. The third kappa shape index (κ3) is 3.10. The molecule has 0 unspecified atom stereocenters. The van der Waals surface area contributed by atoms with Crippen molar-refractivity contribution < 1.29 is 13.5 Å². The van der Waals surface area contributed by atoms with Crippen LogP contribution in [0.1, 0.15) is 0 Å². The van der Waals surface area contributed by atoms with Gasteiger partial charge in [-0.05, 0) is 44.0 Å². The number of aromatic nitrogens is 2. The molecule has 20 heavy (non-hydrogen) atoms. The van der Waals surface area contributed by atoms with Crippen LogP contribution in [0.15, 0.2) is 21.1 Å². The minimum atomic E-state index is -2.95. The molecule has 0 aliphatic heterocycles. The fourth-order valence-electron chi connectivity index (χ4n) is 1.62. The molecule has 0 saturated heterocycles. The lowest BCUT2D eigenvalue weighted by molar-refractivity contribution is -0.0558. The topological polar surface area (TPSA) is 27.1 Å². The van der Waals surface area contributed by atoms with Crippen molar-refractivity contribution in [2.45, 2.75) is 6.61 Å². The van der Waals surface area contributed by atoms with E-state index in [1.807, 2.05) is 0 Å².